The van der Waals surface area contributed by atoms with Crippen molar-refractivity contribution in [3.8, 4) is 11.5 Å². The highest BCUT2D eigenvalue weighted by Gasteiger charge is 2.22. The van der Waals surface area contributed by atoms with Crippen LogP contribution in [0.5, 0.6) is 11.5 Å². The second-order valence-corrected chi connectivity index (χ2v) is 4.83. The van der Waals surface area contributed by atoms with Gasteiger partial charge in [0.1, 0.15) is 0 Å². The van der Waals surface area contributed by atoms with Crippen LogP contribution in [0.3, 0.4) is 0 Å². The van der Waals surface area contributed by atoms with Crippen LogP contribution in [0.25, 0.3) is 0 Å². The maximum atomic E-state index is 11.6. The lowest BCUT2D eigenvalue weighted by molar-refractivity contribution is -0.120. The van der Waals surface area contributed by atoms with Crippen LogP contribution in [0, 0.1) is 0 Å². The highest BCUT2D eigenvalue weighted by molar-refractivity contribution is 5.78. The SMILES string of the molecule is CCOc1cccc(CNCC(=O)NC2CC2)c1OC. The molecule has 1 aliphatic rings. The van der Waals surface area contributed by atoms with Crippen molar-refractivity contribution in [2.45, 2.75) is 32.4 Å². The molecular formula is C15H22N2O3. The maximum absolute atomic E-state index is 11.6. The van der Waals surface area contributed by atoms with Crippen LogP contribution < -0.4 is 20.1 Å². The van der Waals surface area contributed by atoms with E-state index in [0.29, 0.717) is 25.7 Å². The van der Waals surface area contributed by atoms with Gasteiger partial charge in [-0.05, 0) is 25.8 Å². The highest BCUT2D eigenvalue weighted by Crippen LogP contribution is 2.30. The van der Waals surface area contributed by atoms with Gasteiger partial charge in [-0.2, -0.15) is 0 Å². The Morgan fingerprint density at radius 3 is 2.85 bits per heavy atom. The molecule has 1 fully saturated rings. The summed E-state index contributed by atoms with van der Waals surface area (Å²) in [6.45, 7) is 3.42. The number of benzene rings is 1. The third kappa shape index (κ3) is 4.13. The van der Waals surface area contributed by atoms with E-state index in [4.69, 9.17) is 9.47 Å². The molecule has 1 amide bonds. The van der Waals surface area contributed by atoms with E-state index in [1.165, 1.54) is 0 Å². The van der Waals surface area contributed by atoms with E-state index >= 15 is 0 Å². The molecule has 1 saturated carbocycles. The van der Waals surface area contributed by atoms with Gasteiger partial charge in [0.25, 0.3) is 0 Å². The molecule has 0 radical (unpaired) electrons. The Balaban J connectivity index is 1.87. The quantitative estimate of drug-likeness (QED) is 0.756. The Labute approximate surface area is 119 Å². The van der Waals surface area contributed by atoms with Gasteiger partial charge >= 0.3 is 0 Å². The summed E-state index contributed by atoms with van der Waals surface area (Å²) in [6.07, 6.45) is 2.21. The van der Waals surface area contributed by atoms with Crippen LogP contribution >= 0.6 is 0 Å². The summed E-state index contributed by atoms with van der Waals surface area (Å²) in [5.74, 6) is 1.51. The Morgan fingerprint density at radius 1 is 1.40 bits per heavy atom. The average molecular weight is 278 g/mol. The summed E-state index contributed by atoms with van der Waals surface area (Å²) in [6, 6.07) is 6.17. The second kappa shape index (κ2) is 7.14. The standard InChI is InChI=1S/C15H22N2O3/c1-3-20-13-6-4-5-11(15(13)19-2)9-16-10-14(18)17-12-7-8-12/h4-6,12,16H,3,7-10H2,1-2H3,(H,17,18). The van der Waals surface area contributed by atoms with Gasteiger partial charge in [-0.15, -0.1) is 0 Å². The first-order chi connectivity index (χ1) is 9.74. The molecule has 0 aromatic heterocycles. The minimum Gasteiger partial charge on any atom is -0.493 e. The summed E-state index contributed by atoms with van der Waals surface area (Å²) in [5.41, 5.74) is 0.984. The molecule has 5 heteroatoms. The maximum Gasteiger partial charge on any atom is 0.234 e. The molecule has 2 N–H and O–H groups in total. The Hall–Kier alpha value is -1.75. The number of hydrogen-bond acceptors (Lipinski definition) is 4. The first-order valence-electron chi connectivity index (χ1n) is 7.03. The van der Waals surface area contributed by atoms with E-state index in [2.05, 4.69) is 10.6 Å². The smallest absolute Gasteiger partial charge is 0.234 e. The van der Waals surface area contributed by atoms with Crippen LogP contribution in [0.1, 0.15) is 25.3 Å². The molecule has 20 heavy (non-hydrogen) atoms. The van der Waals surface area contributed by atoms with Crippen LogP contribution in [0.15, 0.2) is 18.2 Å². The average Bonchev–Trinajstić information content (AvgIpc) is 3.23. The van der Waals surface area contributed by atoms with E-state index < -0.39 is 0 Å². The fourth-order valence-electron chi connectivity index (χ4n) is 2.02. The molecular weight excluding hydrogens is 256 g/mol. The highest BCUT2D eigenvalue weighted by atomic mass is 16.5. The lowest BCUT2D eigenvalue weighted by atomic mass is 10.2. The lowest BCUT2D eigenvalue weighted by Crippen LogP contribution is -2.34. The van der Waals surface area contributed by atoms with Crippen molar-refractivity contribution in [2.75, 3.05) is 20.3 Å². The zero-order valence-electron chi connectivity index (χ0n) is 12.1. The van der Waals surface area contributed by atoms with Crippen LogP contribution in [-0.4, -0.2) is 32.2 Å². The molecule has 1 aromatic carbocycles. The zero-order valence-corrected chi connectivity index (χ0v) is 12.1. The summed E-state index contributed by atoms with van der Waals surface area (Å²) in [5, 5.41) is 6.07. The van der Waals surface area contributed by atoms with Crippen molar-refractivity contribution >= 4 is 5.91 Å². The number of amides is 1. The van der Waals surface area contributed by atoms with E-state index in [-0.39, 0.29) is 5.91 Å². The molecule has 0 spiro atoms. The van der Waals surface area contributed by atoms with Crippen molar-refractivity contribution in [3.63, 3.8) is 0 Å². The first-order valence-corrected chi connectivity index (χ1v) is 7.03. The van der Waals surface area contributed by atoms with E-state index in [0.717, 1.165) is 29.9 Å². The van der Waals surface area contributed by atoms with Gasteiger partial charge in [-0.3, -0.25) is 4.79 Å². The number of ether oxygens (including phenoxy) is 2. The van der Waals surface area contributed by atoms with Crippen LogP contribution in [0.2, 0.25) is 0 Å². The summed E-state index contributed by atoms with van der Waals surface area (Å²) in [4.78, 5) is 11.6. The second-order valence-electron chi connectivity index (χ2n) is 4.83. The fraction of sp³-hybridized carbons (Fsp3) is 0.533. The minimum atomic E-state index is 0.0485. The predicted octanol–water partition coefficient (Wildman–Crippen LogP) is 1.46. The van der Waals surface area contributed by atoms with Crippen molar-refractivity contribution < 1.29 is 14.3 Å². The van der Waals surface area contributed by atoms with E-state index in [1.807, 2.05) is 25.1 Å². The van der Waals surface area contributed by atoms with Gasteiger partial charge < -0.3 is 20.1 Å². The molecule has 0 saturated heterocycles. The number of nitrogens with one attached hydrogen (secondary N) is 2. The molecule has 1 aliphatic carbocycles. The summed E-state index contributed by atoms with van der Waals surface area (Å²) in [7, 11) is 1.63. The number of methoxy groups -OCH3 is 1. The molecule has 2 rings (SSSR count). The first kappa shape index (κ1) is 14.7. The van der Waals surface area contributed by atoms with Crippen molar-refractivity contribution in [3.05, 3.63) is 23.8 Å². The number of para-hydroxylation sites is 1. The summed E-state index contributed by atoms with van der Waals surface area (Å²) >= 11 is 0. The molecule has 0 unspecified atom stereocenters. The topological polar surface area (TPSA) is 59.6 Å². The van der Waals surface area contributed by atoms with Gasteiger partial charge in [0.05, 0.1) is 20.3 Å². The van der Waals surface area contributed by atoms with E-state index in [1.54, 1.807) is 7.11 Å². The van der Waals surface area contributed by atoms with Gasteiger partial charge in [0.15, 0.2) is 11.5 Å². The number of hydrogen-bond donors (Lipinski definition) is 2. The molecule has 0 atom stereocenters. The monoisotopic (exact) mass is 278 g/mol. The normalized spacial score (nSPS) is 13.9. The predicted molar refractivity (Wildman–Crippen MR) is 77.0 cm³/mol. The van der Waals surface area contributed by atoms with Crippen molar-refractivity contribution in [2.24, 2.45) is 0 Å². The number of carbonyl (C=O) groups is 1. The Morgan fingerprint density at radius 2 is 2.20 bits per heavy atom. The third-order valence-corrected chi connectivity index (χ3v) is 3.11. The molecule has 0 heterocycles. The van der Waals surface area contributed by atoms with E-state index in [9.17, 15) is 4.79 Å². The summed E-state index contributed by atoms with van der Waals surface area (Å²) < 4.78 is 10.9. The van der Waals surface area contributed by atoms with Crippen LogP contribution in [0.4, 0.5) is 0 Å². The molecule has 0 bridgehead atoms. The molecule has 0 aliphatic heterocycles. The molecule has 5 nitrogen and oxygen atoms in total. The fourth-order valence-corrected chi connectivity index (χ4v) is 2.02. The zero-order chi connectivity index (χ0) is 14.4. The lowest BCUT2D eigenvalue weighted by Gasteiger charge is -2.14. The van der Waals surface area contributed by atoms with Crippen molar-refractivity contribution in [1.82, 2.24) is 10.6 Å². The minimum absolute atomic E-state index is 0.0485. The number of rotatable bonds is 8. The van der Waals surface area contributed by atoms with Gasteiger partial charge in [-0.1, -0.05) is 12.1 Å². The van der Waals surface area contributed by atoms with Gasteiger partial charge in [0.2, 0.25) is 5.91 Å². The van der Waals surface area contributed by atoms with Gasteiger partial charge in [0, 0.05) is 18.2 Å². The molecule has 110 valence electrons. The Bertz CT molecular complexity index is 458. The Kier molecular flexibility index (Phi) is 5.24. The number of carbonyl (C=O) groups excluding carboxylic acids is 1. The third-order valence-electron chi connectivity index (χ3n) is 3.11. The van der Waals surface area contributed by atoms with Crippen LogP contribution in [-0.2, 0) is 11.3 Å². The molecule has 1 aromatic rings. The van der Waals surface area contributed by atoms with Crippen molar-refractivity contribution in [1.29, 1.82) is 0 Å². The van der Waals surface area contributed by atoms with Gasteiger partial charge in [-0.25, -0.2) is 0 Å². The largest absolute Gasteiger partial charge is 0.493 e.